The number of carboxylic acids is 1. The third kappa shape index (κ3) is 2.27. The molecule has 4 nitrogen and oxygen atoms in total. The predicted molar refractivity (Wildman–Crippen MR) is 71.5 cm³/mol. The quantitative estimate of drug-likeness (QED) is 0.903. The summed E-state index contributed by atoms with van der Waals surface area (Å²) >= 11 is 0. The van der Waals surface area contributed by atoms with Gasteiger partial charge in [0.15, 0.2) is 0 Å². The molecule has 0 saturated heterocycles. The number of allylic oxidation sites excluding steroid dienone is 2. The van der Waals surface area contributed by atoms with Crippen LogP contribution in [-0.2, 0) is 14.3 Å². The molecule has 19 heavy (non-hydrogen) atoms. The van der Waals surface area contributed by atoms with Crippen LogP contribution in [0.15, 0.2) is 48.2 Å². The fourth-order valence-corrected chi connectivity index (χ4v) is 2.25. The van der Waals surface area contributed by atoms with Gasteiger partial charge in [0, 0.05) is 13.5 Å². The SMILES string of the molecule is COC1=CC=C(c2ccccc2)CC1(OC)C(=O)O. The molecule has 1 aliphatic carbocycles. The van der Waals surface area contributed by atoms with E-state index in [-0.39, 0.29) is 6.42 Å². The maximum absolute atomic E-state index is 11.6. The molecule has 1 N–H and O–H groups in total. The van der Waals surface area contributed by atoms with Gasteiger partial charge in [-0.15, -0.1) is 0 Å². The van der Waals surface area contributed by atoms with Crippen molar-refractivity contribution in [3.8, 4) is 0 Å². The molecule has 0 saturated carbocycles. The first-order valence-corrected chi connectivity index (χ1v) is 5.93. The van der Waals surface area contributed by atoms with E-state index in [1.807, 2.05) is 36.4 Å². The number of carboxylic acid groups (broad SMARTS) is 1. The van der Waals surface area contributed by atoms with Gasteiger partial charge in [-0.05, 0) is 17.2 Å². The van der Waals surface area contributed by atoms with Crippen LogP contribution >= 0.6 is 0 Å². The molecule has 0 aromatic heterocycles. The number of benzene rings is 1. The predicted octanol–water partition coefficient (Wildman–Crippen LogP) is 2.47. The summed E-state index contributed by atoms with van der Waals surface area (Å²) in [6.07, 6.45) is 3.76. The summed E-state index contributed by atoms with van der Waals surface area (Å²) in [6, 6.07) is 9.64. The lowest BCUT2D eigenvalue weighted by molar-refractivity contribution is -0.161. The normalized spacial score (nSPS) is 22.4. The molecule has 0 bridgehead atoms. The topological polar surface area (TPSA) is 55.8 Å². The Bertz CT molecular complexity index is 530. The number of rotatable bonds is 4. The van der Waals surface area contributed by atoms with Crippen molar-refractivity contribution in [3.63, 3.8) is 0 Å². The summed E-state index contributed by atoms with van der Waals surface area (Å²) in [7, 11) is 2.83. The summed E-state index contributed by atoms with van der Waals surface area (Å²) in [6.45, 7) is 0. The van der Waals surface area contributed by atoms with Crippen LogP contribution in [0.4, 0.5) is 0 Å². The van der Waals surface area contributed by atoms with Gasteiger partial charge in [0.05, 0.1) is 7.11 Å². The fraction of sp³-hybridized carbons (Fsp3) is 0.267. The number of ether oxygens (including phenoxy) is 2. The van der Waals surface area contributed by atoms with Crippen LogP contribution in [0, 0.1) is 0 Å². The average Bonchev–Trinajstić information content (AvgIpc) is 2.47. The maximum atomic E-state index is 11.6. The Morgan fingerprint density at radius 1 is 1.21 bits per heavy atom. The molecule has 0 fully saturated rings. The monoisotopic (exact) mass is 260 g/mol. The van der Waals surface area contributed by atoms with Crippen molar-refractivity contribution in [2.24, 2.45) is 0 Å². The van der Waals surface area contributed by atoms with E-state index in [0.29, 0.717) is 5.76 Å². The van der Waals surface area contributed by atoms with E-state index in [2.05, 4.69) is 0 Å². The Hall–Kier alpha value is -2.07. The minimum absolute atomic E-state index is 0.239. The van der Waals surface area contributed by atoms with Crippen molar-refractivity contribution in [2.75, 3.05) is 14.2 Å². The second kappa shape index (κ2) is 5.28. The van der Waals surface area contributed by atoms with E-state index < -0.39 is 11.6 Å². The second-order valence-electron chi connectivity index (χ2n) is 4.31. The molecule has 0 aliphatic heterocycles. The highest BCUT2D eigenvalue weighted by molar-refractivity contribution is 5.87. The maximum Gasteiger partial charge on any atom is 0.344 e. The lowest BCUT2D eigenvalue weighted by Crippen LogP contribution is -2.44. The van der Waals surface area contributed by atoms with Crippen molar-refractivity contribution >= 4 is 11.5 Å². The number of methoxy groups -OCH3 is 2. The van der Waals surface area contributed by atoms with Gasteiger partial charge >= 0.3 is 5.97 Å². The molecular formula is C15H16O4. The van der Waals surface area contributed by atoms with E-state index in [1.54, 1.807) is 6.08 Å². The molecule has 1 aliphatic rings. The minimum Gasteiger partial charge on any atom is -0.497 e. The molecule has 1 atom stereocenters. The molecular weight excluding hydrogens is 244 g/mol. The molecule has 2 rings (SSSR count). The third-order valence-corrected chi connectivity index (χ3v) is 3.33. The van der Waals surface area contributed by atoms with Crippen molar-refractivity contribution < 1.29 is 19.4 Å². The minimum atomic E-state index is -1.45. The van der Waals surface area contributed by atoms with Gasteiger partial charge < -0.3 is 14.6 Å². The molecule has 0 amide bonds. The van der Waals surface area contributed by atoms with E-state index in [4.69, 9.17) is 9.47 Å². The Balaban J connectivity index is 2.45. The fourth-order valence-electron chi connectivity index (χ4n) is 2.25. The van der Waals surface area contributed by atoms with Gasteiger partial charge in [0.2, 0.25) is 5.60 Å². The summed E-state index contributed by atoms with van der Waals surface area (Å²) in [5, 5.41) is 9.48. The molecule has 1 unspecified atom stereocenters. The third-order valence-electron chi connectivity index (χ3n) is 3.33. The van der Waals surface area contributed by atoms with E-state index >= 15 is 0 Å². The van der Waals surface area contributed by atoms with Crippen LogP contribution in [0.3, 0.4) is 0 Å². The first-order chi connectivity index (χ1) is 9.14. The van der Waals surface area contributed by atoms with Crippen LogP contribution in [0.2, 0.25) is 0 Å². The van der Waals surface area contributed by atoms with Crippen LogP contribution in [0.1, 0.15) is 12.0 Å². The van der Waals surface area contributed by atoms with Crippen molar-refractivity contribution in [1.29, 1.82) is 0 Å². The van der Waals surface area contributed by atoms with Crippen LogP contribution < -0.4 is 0 Å². The summed E-state index contributed by atoms with van der Waals surface area (Å²) in [4.78, 5) is 11.6. The lowest BCUT2D eigenvalue weighted by Gasteiger charge is -2.32. The summed E-state index contributed by atoms with van der Waals surface area (Å²) in [5.41, 5.74) is 0.441. The molecule has 0 heterocycles. The van der Waals surface area contributed by atoms with E-state index in [0.717, 1.165) is 11.1 Å². The first kappa shape index (κ1) is 13.4. The number of aliphatic carboxylic acids is 1. The Morgan fingerprint density at radius 3 is 2.42 bits per heavy atom. The molecule has 0 spiro atoms. The second-order valence-corrected chi connectivity index (χ2v) is 4.31. The summed E-state index contributed by atoms with van der Waals surface area (Å²) in [5.74, 6) is -0.744. The molecule has 0 radical (unpaired) electrons. The molecule has 1 aromatic rings. The van der Waals surface area contributed by atoms with Gasteiger partial charge in [0.25, 0.3) is 0 Å². The zero-order chi connectivity index (χ0) is 13.9. The number of hydrogen-bond acceptors (Lipinski definition) is 3. The van der Waals surface area contributed by atoms with Gasteiger partial charge in [-0.2, -0.15) is 0 Å². The highest BCUT2D eigenvalue weighted by Gasteiger charge is 2.46. The van der Waals surface area contributed by atoms with Crippen LogP contribution in [0.5, 0.6) is 0 Å². The van der Waals surface area contributed by atoms with Crippen LogP contribution in [0.25, 0.3) is 5.57 Å². The molecule has 1 aromatic carbocycles. The van der Waals surface area contributed by atoms with E-state index in [9.17, 15) is 9.90 Å². The largest absolute Gasteiger partial charge is 0.497 e. The number of hydrogen-bond donors (Lipinski definition) is 1. The highest BCUT2D eigenvalue weighted by atomic mass is 16.6. The lowest BCUT2D eigenvalue weighted by atomic mass is 9.84. The van der Waals surface area contributed by atoms with Crippen molar-refractivity contribution in [1.82, 2.24) is 0 Å². The van der Waals surface area contributed by atoms with Gasteiger partial charge in [-0.3, -0.25) is 0 Å². The Morgan fingerprint density at radius 2 is 1.89 bits per heavy atom. The average molecular weight is 260 g/mol. The highest BCUT2D eigenvalue weighted by Crippen LogP contribution is 2.37. The van der Waals surface area contributed by atoms with Gasteiger partial charge in [-0.1, -0.05) is 36.4 Å². The van der Waals surface area contributed by atoms with Crippen LogP contribution in [-0.4, -0.2) is 30.9 Å². The van der Waals surface area contributed by atoms with Gasteiger partial charge in [0.1, 0.15) is 5.76 Å². The van der Waals surface area contributed by atoms with Crippen molar-refractivity contribution in [3.05, 3.63) is 53.8 Å². The smallest absolute Gasteiger partial charge is 0.344 e. The first-order valence-electron chi connectivity index (χ1n) is 5.93. The molecule has 100 valence electrons. The number of carbonyl (C=O) groups is 1. The van der Waals surface area contributed by atoms with Gasteiger partial charge in [-0.25, -0.2) is 4.79 Å². The zero-order valence-corrected chi connectivity index (χ0v) is 10.9. The standard InChI is InChI=1S/C15H16O4/c1-18-13-9-8-12(11-6-4-3-5-7-11)10-15(13,19-2)14(16)17/h3-9H,10H2,1-2H3,(H,16,17). The Labute approximate surface area is 112 Å². The van der Waals surface area contributed by atoms with E-state index in [1.165, 1.54) is 14.2 Å². The Kier molecular flexibility index (Phi) is 3.71. The summed E-state index contributed by atoms with van der Waals surface area (Å²) < 4.78 is 10.4. The zero-order valence-electron chi connectivity index (χ0n) is 10.9. The molecule has 4 heteroatoms. The van der Waals surface area contributed by atoms with Crippen molar-refractivity contribution in [2.45, 2.75) is 12.0 Å².